The van der Waals surface area contributed by atoms with E-state index in [2.05, 4.69) is 0 Å². The van der Waals surface area contributed by atoms with Crippen LogP contribution in [0, 0.1) is 0 Å². The van der Waals surface area contributed by atoms with E-state index in [1.807, 2.05) is 4.98 Å². The molecule has 21 heavy (non-hydrogen) atoms. The van der Waals surface area contributed by atoms with E-state index < -0.39 is 47.4 Å². The van der Waals surface area contributed by atoms with Gasteiger partial charge < -0.3 is 14.6 Å². The number of hydrogen-bond acceptors (Lipinski definition) is 6. The van der Waals surface area contributed by atoms with Crippen molar-refractivity contribution in [3.63, 3.8) is 0 Å². The number of halogens is 2. The zero-order valence-electron chi connectivity index (χ0n) is 10.8. The topological polar surface area (TPSA) is 111 Å². The average Bonchev–Trinajstić information content (AvgIpc) is 2.61. The number of nitrogens with one attached hydrogen (secondary N) is 1. The number of ether oxygens (including phenoxy) is 2. The van der Waals surface area contributed by atoms with E-state index in [0.29, 0.717) is 4.57 Å². The van der Waals surface area contributed by atoms with Crippen molar-refractivity contribution in [1.82, 2.24) is 9.55 Å². The summed E-state index contributed by atoms with van der Waals surface area (Å²) < 4.78 is 25.3. The van der Waals surface area contributed by atoms with Gasteiger partial charge >= 0.3 is 11.7 Å². The maximum Gasteiger partial charge on any atom is 0.330 e. The van der Waals surface area contributed by atoms with Crippen LogP contribution in [0.25, 0.3) is 0 Å². The Morgan fingerprint density at radius 2 is 2.33 bits per heavy atom. The SMILES string of the molecule is CC(=O)O[C@@H]1[C@@H](CO)O[C@@H](n2ccc(=O)[nH]c2=O)[C@@]1(F)Cl. The number of aromatic amines is 1. The zero-order valence-corrected chi connectivity index (χ0v) is 11.5. The quantitative estimate of drug-likeness (QED) is 0.560. The normalized spacial score (nSPS) is 32.1. The number of nitrogens with zero attached hydrogens (tertiary/aromatic N) is 1. The van der Waals surface area contributed by atoms with Gasteiger partial charge in [-0.15, -0.1) is 0 Å². The van der Waals surface area contributed by atoms with Gasteiger partial charge in [-0.2, -0.15) is 0 Å². The van der Waals surface area contributed by atoms with Crippen LogP contribution in [0.4, 0.5) is 4.39 Å². The lowest BCUT2D eigenvalue weighted by Crippen LogP contribution is -2.44. The number of carbonyl (C=O) groups excluding carboxylic acids is 1. The summed E-state index contributed by atoms with van der Waals surface area (Å²) in [5, 5.41) is 6.38. The molecular formula is C11H12ClFN2O6. The summed E-state index contributed by atoms with van der Waals surface area (Å²) in [6.07, 6.45) is -3.54. The Morgan fingerprint density at radius 1 is 1.67 bits per heavy atom. The third kappa shape index (κ3) is 2.85. The molecule has 1 aliphatic heterocycles. The Labute approximate surface area is 122 Å². The van der Waals surface area contributed by atoms with Crippen LogP contribution in [-0.2, 0) is 14.3 Å². The van der Waals surface area contributed by atoms with Crippen molar-refractivity contribution in [2.24, 2.45) is 0 Å². The number of aromatic nitrogens is 2. The lowest BCUT2D eigenvalue weighted by atomic mass is 10.1. The second-order valence-corrected chi connectivity index (χ2v) is 5.01. The zero-order chi connectivity index (χ0) is 15.8. The van der Waals surface area contributed by atoms with Crippen LogP contribution in [-0.4, -0.2) is 44.6 Å². The first kappa shape index (κ1) is 15.7. The van der Waals surface area contributed by atoms with Crippen LogP contribution in [0.1, 0.15) is 13.2 Å². The molecule has 0 radical (unpaired) electrons. The van der Waals surface area contributed by atoms with Crippen molar-refractivity contribution < 1.29 is 23.8 Å². The van der Waals surface area contributed by atoms with Gasteiger partial charge in [-0.1, -0.05) is 11.6 Å². The first-order chi connectivity index (χ1) is 9.77. The Bertz CT molecular complexity index is 657. The summed E-state index contributed by atoms with van der Waals surface area (Å²) in [7, 11) is 0. The van der Waals surface area contributed by atoms with E-state index in [4.69, 9.17) is 21.1 Å². The van der Waals surface area contributed by atoms with E-state index in [1.165, 1.54) is 0 Å². The molecule has 0 unspecified atom stereocenters. The highest BCUT2D eigenvalue weighted by atomic mass is 35.5. The number of hydrogen-bond donors (Lipinski definition) is 2. The third-order valence-electron chi connectivity index (χ3n) is 2.93. The maximum absolute atomic E-state index is 14.7. The second-order valence-electron chi connectivity index (χ2n) is 4.43. The fraction of sp³-hybridized carbons (Fsp3) is 0.545. The lowest BCUT2D eigenvalue weighted by molar-refractivity contribution is -0.153. The predicted molar refractivity (Wildman–Crippen MR) is 67.6 cm³/mol. The molecular weight excluding hydrogens is 311 g/mol. The minimum absolute atomic E-state index is 0.676. The number of esters is 1. The average molecular weight is 323 g/mol. The van der Waals surface area contributed by atoms with Gasteiger partial charge in [0.05, 0.1) is 6.61 Å². The van der Waals surface area contributed by atoms with Crippen LogP contribution in [0.15, 0.2) is 21.9 Å². The molecule has 2 N–H and O–H groups in total. The van der Waals surface area contributed by atoms with Gasteiger partial charge in [0, 0.05) is 19.2 Å². The van der Waals surface area contributed by atoms with Gasteiger partial charge in [0.25, 0.3) is 10.7 Å². The smallest absolute Gasteiger partial charge is 0.330 e. The minimum Gasteiger partial charge on any atom is -0.455 e. The summed E-state index contributed by atoms with van der Waals surface area (Å²) in [6.45, 7) is 0.367. The molecule has 0 saturated carbocycles. The van der Waals surface area contributed by atoms with Gasteiger partial charge in [-0.3, -0.25) is 19.1 Å². The predicted octanol–water partition coefficient (Wildman–Crippen LogP) is -0.737. The van der Waals surface area contributed by atoms with Gasteiger partial charge in [0.1, 0.15) is 6.10 Å². The van der Waals surface area contributed by atoms with Crippen LogP contribution in [0.2, 0.25) is 0 Å². The molecule has 0 spiro atoms. The van der Waals surface area contributed by atoms with Gasteiger partial charge in [0.2, 0.25) is 0 Å². The van der Waals surface area contributed by atoms with Crippen LogP contribution >= 0.6 is 11.6 Å². The van der Waals surface area contributed by atoms with Crippen molar-refractivity contribution in [3.05, 3.63) is 33.1 Å². The Kier molecular flexibility index (Phi) is 4.17. The summed E-state index contributed by atoms with van der Waals surface area (Å²) in [4.78, 5) is 35.6. The Morgan fingerprint density at radius 3 is 2.86 bits per heavy atom. The molecule has 8 nitrogen and oxygen atoms in total. The van der Waals surface area contributed by atoms with E-state index in [1.54, 1.807) is 0 Å². The number of carbonyl (C=O) groups is 1. The van der Waals surface area contributed by atoms with Crippen molar-refractivity contribution in [1.29, 1.82) is 0 Å². The fourth-order valence-corrected chi connectivity index (χ4v) is 2.39. The monoisotopic (exact) mass is 322 g/mol. The molecule has 2 heterocycles. The molecule has 0 amide bonds. The van der Waals surface area contributed by atoms with Crippen molar-refractivity contribution in [2.75, 3.05) is 6.61 Å². The molecule has 0 aliphatic carbocycles. The largest absolute Gasteiger partial charge is 0.455 e. The van der Waals surface area contributed by atoms with Crippen molar-refractivity contribution in [2.45, 2.75) is 30.5 Å². The first-order valence-corrected chi connectivity index (χ1v) is 6.28. The van der Waals surface area contributed by atoms with Crippen molar-refractivity contribution in [3.8, 4) is 0 Å². The van der Waals surface area contributed by atoms with E-state index >= 15 is 0 Å². The fourth-order valence-electron chi connectivity index (χ4n) is 2.05. The summed E-state index contributed by atoms with van der Waals surface area (Å²) in [5.74, 6) is -0.820. The molecule has 2 rings (SSSR count). The van der Waals surface area contributed by atoms with Gasteiger partial charge in [-0.05, 0) is 0 Å². The highest BCUT2D eigenvalue weighted by Crippen LogP contribution is 2.45. The second kappa shape index (κ2) is 5.58. The molecule has 1 aromatic rings. The highest BCUT2D eigenvalue weighted by molar-refractivity contribution is 6.23. The number of rotatable bonds is 3. The molecule has 10 heteroatoms. The third-order valence-corrected chi connectivity index (χ3v) is 3.33. The molecule has 116 valence electrons. The number of aliphatic hydroxyl groups excluding tert-OH is 1. The number of aliphatic hydroxyl groups is 1. The van der Waals surface area contributed by atoms with Gasteiger partial charge in [0.15, 0.2) is 12.3 Å². The summed E-state index contributed by atoms with van der Waals surface area (Å²) >= 11 is 5.73. The minimum atomic E-state index is -2.79. The van der Waals surface area contributed by atoms with Crippen LogP contribution in [0.5, 0.6) is 0 Å². The molecule has 4 atom stereocenters. The Hall–Kier alpha value is -1.71. The molecule has 1 saturated heterocycles. The maximum atomic E-state index is 14.7. The molecule has 0 bridgehead atoms. The molecule has 1 fully saturated rings. The first-order valence-electron chi connectivity index (χ1n) is 5.90. The molecule has 1 aromatic heterocycles. The molecule has 1 aliphatic rings. The van der Waals surface area contributed by atoms with E-state index in [9.17, 15) is 23.9 Å². The number of H-pyrrole nitrogens is 1. The van der Waals surface area contributed by atoms with Crippen LogP contribution < -0.4 is 11.2 Å². The van der Waals surface area contributed by atoms with Gasteiger partial charge in [-0.25, -0.2) is 9.18 Å². The standard InChI is InChI=1S/C11H12ClFN2O6/c1-5(17)20-8-6(4-16)21-9(11(8,12)13)15-3-2-7(18)14-10(15)19/h2-3,6,8-9,16H,4H2,1H3,(H,14,18,19)/t6-,8-,9-,11-/m1/s1. The Balaban J connectivity index is 2.43. The lowest BCUT2D eigenvalue weighted by Gasteiger charge is -2.24. The summed E-state index contributed by atoms with van der Waals surface area (Å²) in [5.41, 5.74) is -1.63. The van der Waals surface area contributed by atoms with Crippen LogP contribution in [0.3, 0.4) is 0 Å². The highest BCUT2D eigenvalue weighted by Gasteiger charge is 2.60. The summed E-state index contributed by atoms with van der Waals surface area (Å²) in [6, 6.07) is 0.977. The van der Waals surface area contributed by atoms with Crippen molar-refractivity contribution >= 4 is 17.6 Å². The van der Waals surface area contributed by atoms with E-state index in [-0.39, 0.29) is 0 Å². The number of alkyl halides is 2. The molecule has 0 aromatic carbocycles. The van der Waals surface area contributed by atoms with E-state index in [0.717, 1.165) is 19.2 Å².